The molecule has 0 atom stereocenters. The quantitative estimate of drug-likeness (QED) is 0.187. The summed E-state index contributed by atoms with van der Waals surface area (Å²) in [5, 5.41) is 2.89. The van der Waals surface area contributed by atoms with Crippen LogP contribution in [0.25, 0.3) is 0 Å². The first kappa shape index (κ1) is 25.1. The Morgan fingerprint density at radius 2 is 1.55 bits per heavy atom. The summed E-state index contributed by atoms with van der Waals surface area (Å²) in [6.45, 7) is 2.76. The van der Waals surface area contributed by atoms with Gasteiger partial charge >= 0.3 is 5.97 Å². The van der Waals surface area contributed by atoms with Crippen LogP contribution in [0.4, 0.5) is 0 Å². The number of benzene rings is 1. The van der Waals surface area contributed by atoms with Crippen molar-refractivity contribution in [3.8, 4) is 5.75 Å². The molecular weight excluding hydrogens is 394 g/mol. The molecule has 1 amide bonds. The van der Waals surface area contributed by atoms with E-state index in [1.54, 1.807) is 0 Å². The molecule has 0 fully saturated rings. The zero-order chi connectivity index (χ0) is 21.5. The predicted molar refractivity (Wildman–Crippen MR) is 111 cm³/mol. The van der Waals surface area contributed by atoms with Crippen LogP contribution in [0, 0.1) is 0 Å². The van der Waals surface area contributed by atoms with E-state index in [4.69, 9.17) is 9.29 Å². The Bertz CT molecular complexity index is 732. The highest BCUT2D eigenvalue weighted by molar-refractivity contribution is 7.86. The van der Waals surface area contributed by atoms with Gasteiger partial charge in [0.15, 0.2) is 5.75 Å². The number of unbranched alkanes of at least 4 members (excludes halogenated alkanes) is 7. The van der Waals surface area contributed by atoms with Gasteiger partial charge in [-0.05, 0) is 31.4 Å². The molecule has 0 unspecified atom stereocenters. The van der Waals surface area contributed by atoms with Crippen LogP contribution in [0.5, 0.6) is 5.75 Å². The third kappa shape index (κ3) is 11.6. The molecule has 0 aliphatic carbocycles. The van der Waals surface area contributed by atoms with Crippen LogP contribution in [-0.4, -0.2) is 31.4 Å². The highest BCUT2D eigenvalue weighted by Crippen LogP contribution is 2.23. The number of carbonyl (C=O) groups is 2. The summed E-state index contributed by atoms with van der Waals surface area (Å²) in [4.78, 5) is 23.2. The summed E-state index contributed by atoms with van der Waals surface area (Å²) in [5.74, 6) is -0.670. The Morgan fingerprint density at radius 1 is 0.931 bits per heavy atom. The first-order chi connectivity index (χ1) is 13.8. The summed E-state index contributed by atoms with van der Waals surface area (Å²) in [6.07, 6.45) is 9.68. The highest BCUT2D eigenvalue weighted by atomic mass is 32.2. The number of hydrogen-bond donors (Lipinski definition) is 2. The number of ether oxygens (including phenoxy) is 1. The Hall–Kier alpha value is -1.93. The Labute approximate surface area is 174 Å². The normalized spacial score (nSPS) is 11.2. The smallest absolute Gasteiger partial charge is 0.311 e. The van der Waals surface area contributed by atoms with Crippen molar-refractivity contribution in [1.82, 2.24) is 5.32 Å². The van der Waals surface area contributed by atoms with Gasteiger partial charge in [-0.25, -0.2) is 0 Å². The van der Waals surface area contributed by atoms with Crippen LogP contribution in [0.3, 0.4) is 0 Å². The number of carbonyl (C=O) groups excluding carboxylic acids is 2. The van der Waals surface area contributed by atoms with E-state index in [2.05, 4.69) is 12.2 Å². The van der Waals surface area contributed by atoms with E-state index in [1.807, 2.05) is 0 Å². The molecule has 7 nitrogen and oxygen atoms in total. The molecule has 164 valence electrons. The molecular formula is C21H33NO6S. The van der Waals surface area contributed by atoms with Crippen LogP contribution in [0.2, 0.25) is 0 Å². The minimum Gasteiger partial charge on any atom is -0.425 e. The summed E-state index contributed by atoms with van der Waals surface area (Å²) < 4.78 is 36.8. The Balaban J connectivity index is 2.12. The van der Waals surface area contributed by atoms with Gasteiger partial charge < -0.3 is 10.1 Å². The van der Waals surface area contributed by atoms with Gasteiger partial charge in [-0.15, -0.1) is 0 Å². The van der Waals surface area contributed by atoms with E-state index < -0.39 is 21.0 Å². The van der Waals surface area contributed by atoms with Gasteiger partial charge in [0.2, 0.25) is 5.91 Å². The van der Waals surface area contributed by atoms with E-state index in [1.165, 1.54) is 49.9 Å². The molecule has 1 aromatic carbocycles. The molecule has 2 N–H and O–H groups in total. The van der Waals surface area contributed by atoms with E-state index >= 15 is 0 Å². The highest BCUT2D eigenvalue weighted by Gasteiger charge is 2.18. The maximum absolute atomic E-state index is 11.9. The number of rotatable bonds is 15. The molecule has 1 aromatic rings. The lowest BCUT2D eigenvalue weighted by Crippen LogP contribution is -2.24. The molecule has 0 bridgehead atoms. The second kappa shape index (κ2) is 14.1. The lowest BCUT2D eigenvalue weighted by Gasteiger charge is -2.08. The standard InChI is InChI=1S/C21H33NO6S/c1-2-3-4-5-6-8-15-20(23)22-17-12-7-9-16-21(24)28-18-13-10-11-14-19(18)29(25,26)27/h10-11,13-14H,2-9,12,15-17H2,1H3,(H,22,23)(H,25,26,27). The van der Waals surface area contributed by atoms with Crippen molar-refractivity contribution in [3.05, 3.63) is 24.3 Å². The van der Waals surface area contributed by atoms with Crippen LogP contribution in [-0.2, 0) is 19.7 Å². The monoisotopic (exact) mass is 427 g/mol. The second-order valence-corrected chi connectivity index (χ2v) is 8.46. The van der Waals surface area contributed by atoms with Crippen molar-refractivity contribution < 1.29 is 27.3 Å². The third-order valence-electron chi connectivity index (χ3n) is 4.49. The van der Waals surface area contributed by atoms with Crippen molar-refractivity contribution in [3.63, 3.8) is 0 Å². The molecule has 0 spiro atoms. The summed E-state index contributed by atoms with van der Waals surface area (Å²) >= 11 is 0. The van der Waals surface area contributed by atoms with Gasteiger partial charge in [-0.2, -0.15) is 8.42 Å². The molecule has 0 aliphatic heterocycles. The van der Waals surface area contributed by atoms with Crippen molar-refractivity contribution >= 4 is 22.0 Å². The summed E-state index contributed by atoms with van der Waals surface area (Å²) in [7, 11) is -4.45. The molecule has 0 heterocycles. The summed E-state index contributed by atoms with van der Waals surface area (Å²) in [5.41, 5.74) is 0. The fourth-order valence-electron chi connectivity index (χ4n) is 2.87. The molecule has 1 rings (SSSR count). The fraction of sp³-hybridized carbons (Fsp3) is 0.619. The van der Waals surface area contributed by atoms with Crippen molar-refractivity contribution in [1.29, 1.82) is 0 Å². The number of amides is 1. The molecule has 0 saturated heterocycles. The average molecular weight is 428 g/mol. The maximum atomic E-state index is 11.9. The van der Waals surface area contributed by atoms with Crippen LogP contribution < -0.4 is 10.1 Å². The van der Waals surface area contributed by atoms with Crippen LogP contribution in [0.15, 0.2) is 29.2 Å². The van der Waals surface area contributed by atoms with Gasteiger partial charge in [-0.1, -0.05) is 57.6 Å². The maximum Gasteiger partial charge on any atom is 0.311 e. The average Bonchev–Trinajstić information content (AvgIpc) is 2.67. The van der Waals surface area contributed by atoms with Gasteiger partial charge in [0.05, 0.1) is 0 Å². The number of esters is 1. The molecule has 29 heavy (non-hydrogen) atoms. The fourth-order valence-corrected chi connectivity index (χ4v) is 3.49. The minimum absolute atomic E-state index is 0.0710. The number of para-hydroxylation sites is 1. The molecule has 0 radical (unpaired) electrons. The van der Waals surface area contributed by atoms with Gasteiger partial charge in [-0.3, -0.25) is 14.1 Å². The van der Waals surface area contributed by atoms with E-state index in [-0.39, 0.29) is 18.1 Å². The van der Waals surface area contributed by atoms with E-state index in [0.717, 1.165) is 25.7 Å². The Morgan fingerprint density at radius 3 is 2.28 bits per heavy atom. The van der Waals surface area contributed by atoms with Crippen molar-refractivity contribution in [2.75, 3.05) is 6.54 Å². The summed E-state index contributed by atoms with van der Waals surface area (Å²) in [6, 6.07) is 5.44. The lowest BCUT2D eigenvalue weighted by atomic mass is 10.1. The predicted octanol–water partition coefficient (Wildman–Crippen LogP) is 4.27. The zero-order valence-corrected chi connectivity index (χ0v) is 18.0. The van der Waals surface area contributed by atoms with Crippen molar-refractivity contribution in [2.45, 2.75) is 82.4 Å². The first-order valence-electron chi connectivity index (χ1n) is 10.4. The van der Waals surface area contributed by atoms with E-state index in [0.29, 0.717) is 19.4 Å². The third-order valence-corrected chi connectivity index (χ3v) is 5.38. The van der Waals surface area contributed by atoms with Crippen molar-refractivity contribution in [2.24, 2.45) is 0 Å². The van der Waals surface area contributed by atoms with Gasteiger partial charge in [0.1, 0.15) is 4.90 Å². The first-order valence-corrected chi connectivity index (χ1v) is 11.8. The van der Waals surface area contributed by atoms with Crippen LogP contribution in [0.1, 0.15) is 77.6 Å². The van der Waals surface area contributed by atoms with Gasteiger partial charge in [0.25, 0.3) is 10.1 Å². The molecule has 0 saturated carbocycles. The van der Waals surface area contributed by atoms with Gasteiger partial charge in [0, 0.05) is 19.4 Å². The number of nitrogens with one attached hydrogen (secondary N) is 1. The topological polar surface area (TPSA) is 110 Å². The second-order valence-electron chi connectivity index (χ2n) is 7.07. The number of hydrogen-bond acceptors (Lipinski definition) is 5. The molecule has 0 aromatic heterocycles. The molecule has 0 aliphatic rings. The molecule has 8 heteroatoms. The van der Waals surface area contributed by atoms with Crippen LogP contribution >= 0.6 is 0 Å². The van der Waals surface area contributed by atoms with E-state index in [9.17, 15) is 18.0 Å². The zero-order valence-electron chi connectivity index (χ0n) is 17.2. The minimum atomic E-state index is -4.45. The SMILES string of the molecule is CCCCCCCCC(=O)NCCCCCC(=O)Oc1ccccc1S(=O)(=O)O. The Kier molecular flexibility index (Phi) is 12.2. The lowest BCUT2D eigenvalue weighted by molar-refractivity contribution is -0.134. The largest absolute Gasteiger partial charge is 0.425 e.